The van der Waals surface area contributed by atoms with Crippen molar-refractivity contribution in [3.8, 4) is 0 Å². The summed E-state index contributed by atoms with van der Waals surface area (Å²) in [5.41, 5.74) is 0.140. The molecular formula is C11H12F2N2O4. The van der Waals surface area contributed by atoms with Crippen LogP contribution in [0.15, 0.2) is 18.2 Å². The van der Waals surface area contributed by atoms with Crippen molar-refractivity contribution in [2.75, 3.05) is 25.1 Å². The van der Waals surface area contributed by atoms with Crippen LogP contribution in [0.1, 0.15) is 10.4 Å². The number of ether oxygens (including phenoxy) is 1. The maximum atomic E-state index is 11.8. The molecule has 0 bridgehead atoms. The van der Waals surface area contributed by atoms with Gasteiger partial charge in [-0.2, -0.15) is 0 Å². The van der Waals surface area contributed by atoms with E-state index in [1.807, 2.05) is 0 Å². The standard InChI is InChI=1S/C11H12F2N2O4/c12-11(13)7-19-4-3-14-9-2-1-8(6-16)5-10(9)15(17)18/h1-2,5-6,11,14H,3-4,7H2. The Morgan fingerprint density at radius 1 is 1.47 bits per heavy atom. The molecule has 0 radical (unpaired) electrons. The summed E-state index contributed by atoms with van der Waals surface area (Å²) in [5, 5.41) is 13.5. The average Bonchev–Trinajstić information content (AvgIpc) is 2.38. The molecule has 0 aromatic heterocycles. The molecule has 0 unspecified atom stereocenters. The minimum absolute atomic E-state index is 0.00305. The Labute approximate surface area is 107 Å². The number of nitrogens with zero attached hydrogens (tertiary/aromatic N) is 1. The lowest BCUT2D eigenvalue weighted by molar-refractivity contribution is -0.384. The van der Waals surface area contributed by atoms with Crippen molar-refractivity contribution in [3.63, 3.8) is 0 Å². The molecular weight excluding hydrogens is 262 g/mol. The highest BCUT2D eigenvalue weighted by Gasteiger charge is 2.14. The van der Waals surface area contributed by atoms with Gasteiger partial charge in [0.15, 0.2) is 0 Å². The Bertz CT molecular complexity index is 454. The zero-order valence-corrected chi connectivity index (χ0v) is 9.84. The molecule has 8 heteroatoms. The molecule has 0 spiro atoms. The third kappa shape index (κ3) is 4.96. The van der Waals surface area contributed by atoms with E-state index in [1.54, 1.807) is 0 Å². The molecule has 6 nitrogen and oxygen atoms in total. The second kappa shape index (κ2) is 7.37. The molecule has 0 aliphatic rings. The fraction of sp³-hybridized carbons (Fsp3) is 0.364. The second-order valence-corrected chi connectivity index (χ2v) is 3.54. The zero-order valence-electron chi connectivity index (χ0n) is 9.84. The van der Waals surface area contributed by atoms with Crippen molar-refractivity contribution in [1.29, 1.82) is 0 Å². The smallest absolute Gasteiger partial charge is 0.293 e. The first-order chi connectivity index (χ1) is 9.04. The van der Waals surface area contributed by atoms with Crippen LogP contribution in [0.5, 0.6) is 0 Å². The number of halogens is 2. The number of hydrogen-bond acceptors (Lipinski definition) is 5. The van der Waals surface area contributed by atoms with Crippen LogP contribution < -0.4 is 5.32 Å². The van der Waals surface area contributed by atoms with Crippen molar-refractivity contribution >= 4 is 17.7 Å². The monoisotopic (exact) mass is 274 g/mol. The van der Waals surface area contributed by atoms with E-state index in [2.05, 4.69) is 10.1 Å². The molecule has 0 heterocycles. The molecule has 0 aliphatic carbocycles. The Morgan fingerprint density at radius 2 is 2.21 bits per heavy atom. The topological polar surface area (TPSA) is 81.5 Å². The first-order valence-corrected chi connectivity index (χ1v) is 5.38. The van der Waals surface area contributed by atoms with Gasteiger partial charge in [-0.1, -0.05) is 0 Å². The molecule has 1 aromatic carbocycles. The number of hydrogen-bond donors (Lipinski definition) is 1. The van der Waals surface area contributed by atoms with Crippen LogP contribution in [0.25, 0.3) is 0 Å². The number of carbonyl (C=O) groups excluding carboxylic acids is 1. The lowest BCUT2D eigenvalue weighted by atomic mass is 10.2. The number of carbonyl (C=O) groups is 1. The molecule has 104 valence electrons. The summed E-state index contributed by atoms with van der Waals surface area (Å²) in [4.78, 5) is 20.7. The second-order valence-electron chi connectivity index (χ2n) is 3.54. The third-order valence-corrected chi connectivity index (χ3v) is 2.16. The fourth-order valence-electron chi connectivity index (χ4n) is 1.35. The number of nitrogens with one attached hydrogen (secondary N) is 1. The van der Waals surface area contributed by atoms with Gasteiger partial charge in [-0.05, 0) is 12.1 Å². The molecule has 0 aliphatic heterocycles. The van der Waals surface area contributed by atoms with Gasteiger partial charge in [0.1, 0.15) is 18.6 Å². The first-order valence-electron chi connectivity index (χ1n) is 5.38. The van der Waals surface area contributed by atoms with E-state index in [0.29, 0.717) is 6.29 Å². The molecule has 1 aromatic rings. The Balaban J connectivity index is 2.57. The first kappa shape index (κ1) is 15.0. The van der Waals surface area contributed by atoms with E-state index in [0.717, 1.165) is 6.07 Å². The van der Waals surface area contributed by atoms with Crippen molar-refractivity contribution < 1.29 is 23.2 Å². The minimum atomic E-state index is -2.54. The molecule has 0 saturated carbocycles. The van der Waals surface area contributed by atoms with Crippen molar-refractivity contribution in [2.24, 2.45) is 0 Å². The van der Waals surface area contributed by atoms with Gasteiger partial charge >= 0.3 is 0 Å². The van der Waals surface area contributed by atoms with Crippen LogP contribution >= 0.6 is 0 Å². The van der Waals surface area contributed by atoms with E-state index < -0.39 is 18.0 Å². The lowest BCUT2D eigenvalue weighted by Gasteiger charge is -2.08. The van der Waals surface area contributed by atoms with Gasteiger partial charge in [-0.25, -0.2) is 8.78 Å². The summed E-state index contributed by atoms with van der Waals surface area (Å²) in [6, 6.07) is 3.94. The van der Waals surface area contributed by atoms with Crippen molar-refractivity contribution in [2.45, 2.75) is 6.43 Å². The molecule has 1 N–H and O–H groups in total. The molecule has 0 fully saturated rings. The normalized spacial score (nSPS) is 10.5. The summed E-state index contributed by atoms with van der Waals surface area (Å²) in [5.74, 6) is 0. The molecule has 0 atom stereocenters. The number of nitro groups is 1. The number of benzene rings is 1. The van der Waals surface area contributed by atoms with Crippen LogP contribution in [0.4, 0.5) is 20.2 Å². The highest BCUT2D eigenvalue weighted by molar-refractivity contribution is 5.79. The van der Waals surface area contributed by atoms with Crippen LogP contribution in [0, 0.1) is 10.1 Å². The SMILES string of the molecule is O=Cc1ccc(NCCOCC(F)F)c([N+](=O)[O-])c1. The predicted molar refractivity (Wildman–Crippen MR) is 63.8 cm³/mol. The maximum absolute atomic E-state index is 11.8. The van der Waals surface area contributed by atoms with E-state index in [1.165, 1.54) is 12.1 Å². The summed E-state index contributed by atoms with van der Waals surface area (Å²) in [6.07, 6.45) is -2.04. The van der Waals surface area contributed by atoms with Gasteiger partial charge < -0.3 is 10.1 Å². The fourth-order valence-corrected chi connectivity index (χ4v) is 1.35. The van der Waals surface area contributed by atoms with E-state index in [-0.39, 0.29) is 30.1 Å². The number of alkyl halides is 2. The largest absolute Gasteiger partial charge is 0.377 e. The number of anilines is 1. The summed E-state index contributed by atoms with van der Waals surface area (Å²) in [6.45, 7) is -0.529. The molecule has 0 saturated heterocycles. The van der Waals surface area contributed by atoms with Crippen LogP contribution in [-0.4, -0.2) is 37.4 Å². The van der Waals surface area contributed by atoms with Gasteiger partial charge in [0.2, 0.25) is 0 Å². The minimum Gasteiger partial charge on any atom is -0.377 e. The van der Waals surface area contributed by atoms with Crippen LogP contribution in [0.3, 0.4) is 0 Å². The Morgan fingerprint density at radius 3 is 2.79 bits per heavy atom. The quantitative estimate of drug-likeness (QED) is 0.340. The van der Waals surface area contributed by atoms with Crippen molar-refractivity contribution in [1.82, 2.24) is 0 Å². The number of aldehydes is 1. The average molecular weight is 274 g/mol. The zero-order chi connectivity index (χ0) is 14.3. The Kier molecular flexibility index (Phi) is 5.80. The Hall–Kier alpha value is -2.09. The number of rotatable bonds is 8. The summed E-state index contributed by atoms with van der Waals surface area (Å²) < 4.78 is 28.2. The van der Waals surface area contributed by atoms with E-state index in [4.69, 9.17) is 0 Å². The third-order valence-electron chi connectivity index (χ3n) is 2.16. The molecule has 1 rings (SSSR count). The van der Waals surface area contributed by atoms with Gasteiger partial charge in [-0.15, -0.1) is 0 Å². The molecule has 0 amide bonds. The summed E-state index contributed by atoms with van der Waals surface area (Å²) >= 11 is 0. The van der Waals surface area contributed by atoms with Crippen molar-refractivity contribution in [3.05, 3.63) is 33.9 Å². The van der Waals surface area contributed by atoms with Gasteiger partial charge in [0.05, 0.1) is 11.5 Å². The highest BCUT2D eigenvalue weighted by atomic mass is 19.3. The van der Waals surface area contributed by atoms with Gasteiger partial charge in [-0.3, -0.25) is 14.9 Å². The van der Waals surface area contributed by atoms with Crippen LogP contribution in [-0.2, 0) is 4.74 Å². The molecule has 19 heavy (non-hydrogen) atoms. The van der Waals surface area contributed by atoms with Gasteiger partial charge in [0.25, 0.3) is 12.1 Å². The summed E-state index contributed by atoms with van der Waals surface area (Å²) in [7, 11) is 0. The number of nitro benzene ring substituents is 1. The lowest BCUT2D eigenvalue weighted by Crippen LogP contribution is -2.13. The highest BCUT2D eigenvalue weighted by Crippen LogP contribution is 2.24. The van der Waals surface area contributed by atoms with Gasteiger partial charge in [0, 0.05) is 18.2 Å². The van der Waals surface area contributed by atoms with Crippen LogP contribution in [0.2, 0.25) is 0 Å². The van der Waals surface area contributed by atoms with E-state index >= 15 is 0 Å². The maximum Gasteiger partial charge on any atom is 0.293 e. The van der Waals surface area contributed by atoms with E-state index in [9.17, 15) is 23.7 Å². The predicted octanol–water partition coefficient (Wildman–Crippen LogP) is 2.10.